The molecule has 1 unspecified atom stereocenters. The Labute approximate surface area is 101 Å². The minimum atomic E-state index is 0.0480. The molecule has 1 aliphatic heterocycles. The molecule has 0 aliphatic carbocycles. The van der Waals surface area contributed by atoms with Crippen LogP contribution in [0, 0.1) is 0 Å². The Morgan fingerprint density at radius 3 is 3.12 bits per heavy atom. The maximum Gasteiger partial charge on any atom is 0.224 e. The van der Waals surface area contributed by atoms with Crippen LogP contribution in [-0.2, 0) is 16.0 Å². The van der Waals surface area contributed by atoms with Crippen molar-refractivity contribution in [1.29, 1.82) is 0 Å². The van der Waals surface area contributed by atoms with Gasteiger partial charge in [-0.2, -0.15) is 0 Å². The molecular formula is C13H17NO3. The average Bonchev–Trinajstić information content (AvgIpc) is 2.45. The van der Waals surface area contributed by atoms with E-state index < -0.39 is 0 Å². The van der Waals surface area contributed by atoms with Crippen LogP contribution in [0.5, 0.6) is 5.75 Å². The Morgan fingerprint density at radius 1 is 1.53 bits per heavy atom. The summed E-state index contributed by atoms with van der Waals surface area (Å²) in [6.07, 6.45) is 1.16. The smallest absolute Gasteiger partial charge is 0.224 e. The number of carbonyl (C=O) groups is 1. The molecule has 1 aromatic rings. The molecule has 17 heavy (non-hydrogen) atoms. The molecule has 0 bridgehead atoms. The van der Waals surface area contributed by atoms with Gasteiger partial charge in [0.2, 0.25) is 5.91 Å². The van der Waals surface area contributed by atoms with Crippen LogP contribution in [0.2, 0.25) is 0 Å². The molecule has 1 saturated heterocycles. The lowest BCUT2D eigenvalue weighted by Crippen LogP contribution is -2.39. The Bertz CT molecular complexity index is 405. The van der Waals surface area contributed by atoms with Crippen LogP contribution in [0.15, 0.2) is 24.3 Å². The first kappa shape index (κ1) is 11.9. The summed E-state index contributed by atoms with van der Waals surface area (Å²) in [6.45, 7) is 1.05. The fraction of sp³-hybridized carbons (Fsp3) is 0.462. The molecule has 2 rings (SSSR count). The topological polar surface area (TPSA) is 49.8 Å². The number of rotatable bonds is 2. The molecule has 1 aliphatic rings. The Balaban J connectivity index is 2.08. The molecule has 1 heterocycles. The largest absolute Gasteiger partial charge is 0.508 e. The monoisotopic (exact) mass is 235 g/mol. The van der Waals surface area contributed by atoms with Crippen molar-refractivity contribution in [2.75, 3.05) is 20.3 Å². The van der Waals surface area contributed by atoms with Gasteiger partial charge in [-0.3, -0.25) is 4.79 Å². The highest BCUT2D eigenvalue weighted by molar-refractivity contribution is 5.76. The molecular weight excluding hydrogens is 218 g/mol. The maximum absolute atomic E-state index is 11.7. The molecule has 1 amide bonds. The SMILES string of the molecule is CN1C(=O)CCOCC1Cc1cccc(O)c1. The van der Waals surface area contributed by atoms with Crippen molar-refractivity contribution in [2.45, 2.75) is 18.9 Å². The van der Waals surface area contributed by atoms with Crippen molar-refractivity contribution in [2.24, 2.45) is 0 Å². The molecule has 4 heteroatoms. The van der Waals surface area contributed by atoms with Crippen LogP contribution in [0.3, 0.4) is 0 Å². The van der Waals surface area contributed by atoms with Crippen molar-refractivity contribution < 1.29 is 14.6 Å². The summed E-state index contributed by atoms with van der Waals surface area (Å²) < 4.78 is 5.43. The number of hydrogen-bond donors (Lipinski definition) is 1. The normalized spacial score (nSPS) is 21.4. The van der Waals surface area contributed by atoms with Gasteiger partial charge in [-0.05, 0) is 24.1 Å². The fourth-order valence-electron chi connectivity index (χ4n) is 2.02. The van der Waals surface area contributed by atoms with Crippen molar-refractivity contribution >= 4 is 5.91 Å². The first-order chi connectivity index (χ1) is 8.16. The first-order valence-electron chi connectivity index (χ1n) is 5.78. The average molecular weight is 235 g/mol. The molecule has 0 saturated carbocycles. The predicted molar refractivity (Wildman–Crippen MR) is 63.8 cm³/mol. The van der Waals surface area contributed by atoms with E-state index >= 15 is 0 Å². The summed E-state index contributed by atoms with van der Waals surface area (Å²) in [5.41, 5.74) is 1.01. The summed E-state index contributed by atoms with van der Waals surface area (Å²) in [4.78, 5) is 13.4. The highest BCUT2D eigenvalue weighted by Crippen LogP contribution is 2.16. The van der Waals surface area contributed by atoms with Gasteiger partial charge in [-0.25, -0.2) is 0 Å². The van der Waals surface area contributed by atoms with Crippen LogP contribution in [0.25, 0.3) is 0 Å². The number of amides is 1. The van der Waals surface area contributed by atoms with E-state index in [1.807, 2.05) is 19.2 Å². The third-order valence-electron chi connectivity index (χ3n) is 3.09. The van der Waals surface area contributed by atoms with E-state index in [1.54, 1.807) is 17.0 Å². The van der Waals surface area contributed by atoms with Gasteiger partial charge in [0, 0.05) is 7.05 Å². The van der Waals surface area contributed by atoms with E-state index in [0.717, 1.165) is 5.56 Å². The molecule has 1 N–H and O–H groups in total. The predicted octanol–water partition coefficient (Wildman–Crippen LogP) is 1.18. The van der Waals surface area contributed by atoms with Crippen molar-refractivity contribution in [1.82, 2.24) is 4.90 Å². The van der Waals surface area contributed by atoms with Crippen LogP contribution < -0.4 is 0 Å². The lowest BCUT2D eigenvalue weighted by atomic mass is 10.1. The highest BCUT2D eigenvalue weighted by Gasteiger charge is 2.23. The van der Waals surface area contributed by atoms with E-state index in [0.29, 0.717) is 26.1 Å². The van der Waals surface area contributed by atoms with Gasteiger partial charge >= 0.3 is 0 Å². The second-order valence-electron chi connectivity index (χ2n) is 4.36. The van der Waals surface area contributed by atoms with Gasteiger partial charge in [-0.15, -0.1) is 0 Å². The molecule has 4 nitrogen and oxygen atoms in total. The standard InChI is InChI=1S/C13H17NO3/c1-14-11(9-17-6-5-13(14)16)7-10-3-2-4-12(15)8-10/h2-4,8,11,15H,5-7,9H2,1H3. The second kappa shape index (κ2) is 5.19. The minimum absolute atomic E-state index is 0.0480. The quantitative estimate of drug-likeness (QED) is 0.837. The number of hydrogen-bond acceptors (Lipinski definition) is 3. The Morgan fingerprint density at radius 2 is 2.35 bits per heavy atom. The summed E-state index contributed by atoms with van der Waals surface area (Å²) in [5.74, 6) is 0.374. The molecule has 1 fully saturated rings. The number of phenolic OH excluding ortho intramolecular Hbond substituents is 1. The van der Waals surface area contributed by atoms with E-state index in [1.165, 1.54) is 0 Å². The number of likely N-dealkylation sites (N-methyl/N-ethyl adjacent to an activating group) is 1. The minimum Gasteiger partial charge on any atom is -0.508 e. The molecule has 1 atom stereocenters. The number of carbonyl (C=O) groups excluding carboxylic acids is 1. The molecule has 1 aromatic carbocycles. The zero-order valence-corrected chi connectivity index (χ0v) is 9.93. The van der Waals surface area contributed by atoms with Gasteiger partial charge in [-0.1, -0.05) is 12.1 Å². The summed E-state index contributed by atoms with van der Waals surface area (Å²) >= 11 is 0. The number of ether oxygens (including phenoxy) is 1. The Kier molecular flexibility index (Phi) is 3.64. The van der Waals surface area contributed by atoms with E-state index in [9.17, 15) is 9.90 Å². The van der Waals surface area contributed by atoms with Gasteiger partial charge in [0.15, 0.2) is 0 Å². The molecule has 0 radical (unpaired) electrons. The lowest BCUT2D eigenvalue weighted by molar-refractivity contribution is -0.130. The molecule has 92 valence electrons. The number of nitrogens with zero attached hydrogens (tertiary/aromatic N) is 1. The number of benzene rings is 1. The van der Waals surface area contributed by atoms with Crippen LogP contribution in [-0.4, -0.2) is 42.2 Å². The number of aromatic hydroxyl groups is 1. The second-order valence-corrected chi connectivity index (χ2v) is 4.36. The van der Waals surface area contributed by atoms with E-state index in [-0.39, 0.29) is 17.7 Å². The molecule has 0 aromatic heterocycles. The van der Waals surface area contributed by atoms with E-state index in [2.05, 4.69) is 0 Å². The zero-order valence-electron chi connectivity index (χ0n) is 9.93. The number of phenols is 1. The van der Waals surface area contributed by atoms with Crippen LogP contribution in [0.4, 0.5) is 0 Å². The van der Waals surface area contributed by atoms with Gasteiger partial charge in [0.1, 0.15) is 5.75 Å². The van der Waals surface area contributed by atoms with Crippen molar-refractivity contribution in [3.05, 3.63) is 29.8 Å². The van der Waals surface area contributed by atoms with Crippen molar-refractivity contribution in [3.8, 4) is 5.75 Å². The van der Waals surface area contributed by atoms with Gasteiger partial charge in [0.25, 0.3) is 0 Å². The third-order valence-corrected chi connectivity index (χ3v) is 3.09. The Hall–Kier alpha value is -1.55. The maximum atomic E-state index is 11.7. The van der Waals surface area contributed by atoms with Gasteiger partial charge < -0.3 is 14.7 Å². The summed E-state index contributed by atoms with van der Waals surface area (Å²) in [7, 11) is 1.81. The lowest BCUT2D eigenvalue weighted by Gasteiger charge is -2.25. The summed E-state index contributed by atoms with van der Waals surface area (Å²) in [6, 6.07) is 7.17. The van der Waals surface area contributed by atoms with Gasteiger partial charge in [0.05, 0.1) is 25.7 Å². The van der Waals surface area contributed by atoms with Crippen LogP contribution in [0.1, 0.15) is 12.0 Å². The summed E-state index contributed by atoms with van der Waals surface area (Å²) in [5, 5.41) is 9.40. The first-order valence-corrected chi connectivity index (χ1v) is 5.78. The third kappa shape index (κ3) is 2.97. The molecule has 0 spiro atoms. The van der Waals surface area contributed by atoms with Crippen molar-refractivity contribution in [3.63, 3.8) is 0 Å². The van der Waals surface area contributed by atoms with Crippen LogP contribution >= 0.6 is 0 Å². The zero-order chi connectivity index (χ0) is 12.3. The fourth-order valence-corrected chi connectivity index (χ4v) is 2.02. The highest BCUT2D eigenvalue weighted by atomic mass is 16.5. The van der Waals surface area contributed by atoms with E-state index in [4.69, 9.17) is 4.74 Å².